The number of benzene rings is 2. The minimum Gasteiger partial charge on any atom is -0.383 e. The second kappa shape index (κ2) is 10.7. The summed E-state index contributed by atoms with van der Waals surface area (Å²) in [6.45, 7) is 2.02. The summed E-state index contributed by atoms with van der Waals surface area (Å²) >= 11 is 0. The van der Waals surface area contributed by atoms with E-state index < -0.39 is 6.04 Å². The van der Waals surface area contributed by atoms with Gasteiger partial charge in [-0.15, -0.1) is 0 Å². The molecule has 4 rings (SSSR count). The molecule has 6 nitrogen and oxygen atoms in total. The van der Waals surface area contributed by atoms with Gasteiger partial charge in [0, 0.05) is 49.1 Å². The van der Waals surface area contributed by atoms with Crippen molar-refractivity contribution in [1.82, 2.24) is 15.3 Å². The van der Waals surface area contributed by atoms with E-state index in [2.05, 4.69) is 26.7 Å². The van der Waals surface area contributed by atoms with Crippen LogP contribution in [-0.2, 0) is 11.2 Å². The fourth-order valence-electron chi connectivity index (χ4n) is 3.76. The molecule has 0 aliphatic rings. The molecule has 0 aliphatic carbocycles. The normalized spacial score (nSPS) is 12.0. The molecule has 0 fully saturated rings. The van der Waals surface area contributed by atoms with Crippen molar-refractivity contribution in [1.29, 1.82) is 0 Å². The van der Waals surface area contributed by atoms with Crippen molar-refractivity contribution in [3.05, 3.63) is 95.8 Å². The van der Waals surface area contributed by atoms with Gasteiger partial charge in [0.05, 0.1) is 12.6 Å². The Bertz CT molecular complexity index is 1140. The summed E-state index contributed by atoms with van der Waals surface area (Å²) in [4.78, 5) is 21.2. The molecule has 0 saturated carbocycles. The van der Waals surface area contributed by atoms with Gasteiger partial charge in [-0.3, -0.25) is 4.79 Å². The minimum atomic E-state index is -0.418. The average Bonchev–Trinajstić information content (AvgIpc) is 3.27. The van der Waals surface area contributed by atoms with Gasteiger partial charge in [0.1, 0.15) is 5.82 Å². The van der Waals surface area contributed by atoms with E-state index in [1.54, 1.807) is 7.11 Å². The Hall–Kier alpha value is -3.48. The molecule has 0 spiro atoms. The number of ether oxygens (including phenoxy) is 1. The molecule has 0 bridgehead atoms. The number of aromatic amines is 1. The lowest BCUT2D eigenvalue weighted by molar-refractivity contribution is 0.0945. The van der Waals surface area contributed by atoms with Gasteiger partial charge in [0.2, 0.25) is 0 Å². The predicted octanol–water partition coefficient (Wildman–Crippen LogP) is 4.38. The van der Waals surface area contributed by atoms with Gasteiger partial charge in [-0.05, 0) is 29.7 Å². The summed E-state index contributed by atoms with van der Waals surface area (Å²) in [5, 5.41) is 7.63. The van der Waals surface area contributed by atoms with Crippen molar-refractivity contribution < 1.29 is 9.53 Å². The Morgan fingerprint density at radius 1 is 1.03 bits per heavy atom. The Kier molecular flexibility index (Phi) is 7.27. The summed E-state index contributed by atoms with van der Waals surface area (Å²) in [6.07, 6.45) is 4.45. The van der Waals surface area contributed by atoms with Crippen LogP contribution in [0.4, 0.5) is 5.82 Å². The summed E-state index contributed by atoms with van der Waals surface area (Å²) in [5.41, 5.74) is 3.74. The lowest BCUT2D eigenvalue weighted by Crippen LogP contribution is -2.30. The first-order valence-electron chi connectivity index (χ1n) is 10.8. The van der Waals surface area contributed by atoms with Crippen molar-refractivity contribution >= 4 is 22.5 Å². The first-order chi connectivity index (χ1) is 15.8. The maximum Gasteiger partial charge on any atom is 0.186 e. The predicted molar refractivity (Wildman–Crippen MR) is 128 cm³/mol. The number of anilines is 1. The zero-order chi connectivity index (χ0) is 22.2. The number of rotatable bonds is 11. The van der Waals surface area contributed by atoms with Gasteiger partial charge in [-0.25, -0.2) is 4.98 Å². The van der Waals surface area contributed by atoms with Crippen LogP contribution < -0.4 is 10.6 Å². The number of pyridine rings is 1. The van der Waals surface area contributed by atoms with Gasteiger partial charge in [0.25, 0.3) is 0 Å². The summed E-state index contributed by atoms with van der Waals surface area (Å²) in [7, 11) is 1.68. The van der Waals surface area contributed by atoms with Crippen molar-refractivity contribution in [3.63, 3.8) is 0 Å². The molecule has 2 heterocycles. The first kappa shape index (κ1) is 21.7. The molecule has 0 radical (unpaired) electrons. The van der Waals surface area contributed by atoms with Crippen LogP contribution >= 0.6 is 0 Å². The average molecular weight is 429 g/mol. The number of para-hydroxylation sites is 1. The Labute approximate surface area is 188 Å². The van der Waals surface area contributed by atoms with Crippen LogP contribution in [-0.4, -0.2) is 42.6 Å². The number of aromatic nitrogens is 2. The highest BCUT2D eigenvalue weighted by molar-refractivity contribution is 6.10. The molecule has 0 amide bonds. The molecular weight excluding hydrogens is 400 g/mol. The fraction of sp³-hybridized carbons (Fsp3) is 0.231. The number of carbonyl (C=O) groups excluding carboxylic acids is 1. The molecule has 1 unspecified atom stereocenters. The first-order valence-corrected chi connectivity index (χ1v) is 10.8. The van der Waals surface area contributed by atoms with E-state index in [1.807, 2.05) is 73.1 Å². The molecule has 6 heteroatoms. The third-order valence-corrected chi connectivity index (χ3v) is 5.45. The maximum atomic E-state index is 13.5. The molecule has 4 aromatic rings. The molecule has 2 aromatic heterocycles. The topological polar surface area (TPSA) is 79.0 Å². The summed E-state index contributed by atoms with van der Waals surface area (Å²) in [5.74, 6) is 0.889. The van der Waals surface area contributed by atoms with Crippen LogP contribution in [0.15, 0.2) is 79.1 Å². The molecule has 32 heavy (non-hydrogen) atoms. The molecular formula is C26H28N4O2. The molecule has 0 saturated heterocycles. The smallest absolute Gasteiger partial charge is 0.186 e. The second-order valence-corrected chi connectivity index (χ2v) is 7.63. The van der Waals surface area contributed by atoms with Gasteiger partial charge >= 0.3 is 0 Å². The number of methoxy groups -OCH3 is 1. The highest BCUT2D eigenvalue weighted by atomic mass is 16.5. The van der Waals surface area contributed by atoms with E-state index in [0.29, 0.717) is 18.7 Å². The van der Waals surface area contributed by atoms with Crippen LogP contribution in [0.2, 0.25) is 0 Å². The largest absolute Gasteiger partial charge is 0.383 e. The number of nitrogens with one attached hydrogen (secondary N) is 3. The number of nitrogens with zero attached hydrogens (tertiary/aromatic N) is 1. The van der Waals surface area contributed by atoms with Crippen molar-refractivity contribution in [3.8, 4) is 0 Å². The van der Waals surface area contributed by atoms with Crippen molar-refractivity contribution in [2.24, 2.45) is 0 Å². The molecule has 2 aromatic carbocycles. The SMILES string of the molecule is COCCNc1ccc(CCNC(C(=O)c2c[nH]c3ccccc23)c2ccccc2)cn1. The maximum absolute atomic E-state index is 13.5. The van der Waals surface area contributed by atoms with Crippen molar-refractivity contribution in [2.75, 3.05) is 32.1 Å². The van der Waals surface area contributed by atoms with E-state index in [1.165, 1.54) is 0 Å². The molecule has 3 N–H and O–H groups in total. The Morgan fingerprint density at radius 2 is 1.84 bits per heavy atom. The van der Waals surface area contributed by atoms with Crippen LogP contribution in [0.5, 0.6) is 0 Å². The zero-order valence-electron chi connectivity index (χ0n) is 18.2. The lowest BCUT2D eigenvalue weighted by atomic mass is 9.96. The van der Waals surface area contributed by atoms with Gasteiger partial charge in [-0.2, -0.15) is 0 Å². The number of Topliss-reactive ketones (excluding diaryl/α,β-unsaturated/α-hetero) is 1. The zero-order valence-corrected chi connectivity index (χ0v) is 18.2. The van der Waals surface area contributed by atoms with Crippen LogP contribution in [0, 0.1) is 0 Å². The van der Waals surface area contributed by atoms with Crippen LogP contribution in [0.3, 0.4) is 0 Å². The summed E-state index contributed by atoms with van der Waals surface area (Å²) < 4.78 is 5.04. The molecule has 164 valence electrons. The van der Waals surface area contributed by atoms with Gasteiger partial charge in [-0.1, -0.05) is 54.6 Å². The van der Waals surface area contributed by atoms with Gasteiger partial charge < -0.3 is 20.4 Å². The Balaban J connectivity index is 1.44. The number of hydrogen-bond acceptors (Lipinski definition) is 5. The van der Waals surface area contributed by atoms with E-state index >= 15 is 0 Å². The lowest BCUT2D eigenvalue weighted by Gasteiger charge is -2.18. The number of H-pyrrole nitrogens is 1. The number of ketones is 1. The number of fused-ring (bicyclic) bond motifs is 1. The number of carbonyl (C=O) groups is 1. The van der Waals surface area contributed by atoms with E-state index in [4.69, 9.17) is 4.74 Å². The van der Waals surface area contributed by atoms with E-state index in [9.17, 15) is 4.79 Å². The molecule has 1 atom stereocenters. The van der Waals surface area contributed by atoms with Crippen LogP contribution in [0.1, 0.15) is 27.5 Å². The van der Waals surface area contributed by atoms with E-state index in [0.717, 1.165) is 40.8 Å². The monoisotopic (exact) mass is 428 g/mol. The third kappa shape index (κ3) is 5.22. The standard InChI is InChI=1S/C26H28N4O2/c1-32-16-15-27-24-12-11-19(17-30-24)13-14-28-25(20-7-3-2-4-8-20)26(31)22-18-29-23-10-6-5-9-21(22)23/h2-12,17-18,25,28-29H,13-16H2,1H3,(H,27,30). The van der Waals surface area contributed by atoms with Crippen molar-refractivity contribution in [2.45, 2.75) is 12.5 Å². The molecule has 0 aliphatic heterocycles. The fourth-order valence-corrected chi connectivity index (χ4v) is 3.76. The van der Waals surface area contributed by atoms with E-state index in [-0.39, 0.29) is 5.78 Å². The van der Waals surface area contributed by atoms with Crippen LogP contribution in [0.25, 0.3) is 10.9 Å². The number of hydrogen-bond donors (Lipinski definition) is 3. The quantitative estimate of drug-likeness (QED) is 0.244. The minimum absolute atomic E-state index is 0.0597. The highest BCUT2D eigenvalue weighted by Crippen LogP contribution is 2.24. The summed E-state index contributed by atoms with van der Waals surface area (Å²) in [6, 6.07) is 21.4. The Morgan fingerprint density at radius 3 is 2.62 bits per heavy atom. The van der Waals surface area contributed by atoms with Gasteiger partial charge in [0.15, 0.2) is 5.78 Å². The second-order valence-electron chi connectivity index (χ2n) is 7.63. The highest BCUT2D eigenvalue weighted by Gasteiger charge is 2.23. The third-order valence-electron chi connectivity index (χ3n) is 5.45.